The summed E-state index contributed by atoms with van der Waals surface area (Å²) >= 11 is 12.1. The molecule has 9 heteroatoms. The molecule has 0 radical (unpaired) electrons. The quantitative estimate of drug-likeness (QED) is 0.747. The minimum absolute atomic E-state index is 0.236. The number of halogens is 2. The van der Waals surface area contributed by atoms with Gasteiger partial charge in [0, 0.05) is 15.6 Å². The molecule has 1 aliphatic heterocycles. The highest BCUT2D eigenvalue weighted by molar-refractivity contribution is 6.35. The van der Waals surface area contributed by atoms with Crippen molar-refractivity contribution >= 4 is 41.0 Å². The Hall–Kier alpha value is -2.30. The molecule has 0 aromatic heterocycles. The fraction of sp³-hybridized carbons (Fsp3) is 0.444. The summed E-state index contributed by atoms with van der Waals surface area (Å²) in [5.41, 5.74) is -1.93. The number of hydrogen-bond acceptors (Lipinski definition) is 4. The van der Waals surface area contributed by atoms with E-state index in [1.807, 2.05) is 0 Å². The molecule has 2 aliphatic rings. The van der Waals surface area contributed by atoms with Gasteiger partial charge in [0.15, 0.2) is 0 Å². The lowest BCUT2D eigenvalue weighted by Crippen LogP contribution is -2.50. The van der Waals surface area contributed by atoms with Crippen molar-refractivity contribution in [1.82, 2.24) is 15.5 Å². The number of urea groups is 1. The molecule has 142 valence electrons. The van der Waals surface area contributed by atoms with Crippen LogP contribution < -0.4 is 10.6 Å². The first-order valence-electron chi connectivity index (χ1n) is 8.53. The molecular formula is C18H18Cl2N4O3. The number of carbonyl (C=O) groups excluding carboxylic acids is 3. The zero-order valence-corrected chi connectivity index (χ0v) is 16.2. The smallest absolute Gasteiger partial charge is 0.325 e. The first kappa shape index (κ1) is 19.5. The average Bonchev–Trinajstić information content (AvgIpc) is 3.14. The lowest BCUT2D eigenvalue weighted by Gasteiger charge is -2.25. The van der Waals surface area contributed by atoms with Gasteiger partial charge in [-0.2, -0.15) is 5.26 Å². The van der Waals surface area contributed by atoms with Crippen LogP contribution in [0.2, 0.25) is 10.0 Å². The van der Waals surface area contributed by atoms with Crippen molar-refractivity contribution in [3.05, 3.63) is 33.8 Å². The highest BCUT2D eigenvalue weighted by Gasteiger charge is 2.50. The minimum atomic E-state index is -1.40. The third-order valence-electron chi connectivity index (χ3n) is 5.10. The van der Waals surface area contributed by atoms with E-state index in [4.69, 9.17) is 23.2 Å². The predicted octanol–water partition coefficient (Wildman–Crippen LogP) is 2.71. The molecule has 3 rings (SSSR count). The zero-order valence-electron chi connectivity index (χ0n) is 14.6. The maximum Gasteiger partial charge on any atom is 0.325 e. The Kier molecular flexibility index (Phi) is 5.06. The number of hydrogen-bond donors (Lipinski definition) is 2. The van der Waals surface area contributed by atoms with E-state index in [0.29, 0.717) is 23.4 Å². The van der Waals surface area contributed by atoms with Crippen molar-refractivity contribution in [2.75, 3.05) is 6.54 Å². The molecule has 0 bridgehead atoms. The van der Waals surface area contributed by atoms with Crippen LogP contribution in [0.5, 0.6) is 0 Å². The Bertz CT molecular complexity index is 861. The Morgan fingerprint density at radius 1 is 1.33 bits per heavy atom. The summed E-state index contributed by atoms with van der Waals surface area (Å²) in [6, 6.07) is 6.07. The van der Waals surface area contributed by atoms with Gasteiger partial charge >= 0.3 is 6.03 Å². The minimum Gasteiger partial charge on any atom is -0.336 e. The Balaban J connectivity index is 1.78. The normalized spacial score (nSPS) is 23.9. The molecule has 27 heavy (non-hydrogen) atoms. The lowest BCUT2D eigenvalue weighted by molar-refractivity contribution is -0.135. The van der Waals surface area contributed by atoms with Gasteiger partial charge in [-0.1, -0.05) is 29.3 Å². The number of benzene rings is 1. The van der Waals surface area contributed by atoms with E-state index in [2.05, 4.69) is 16.7 Å². The first-order chi connectivity index (χ1) is 12.7. The van der Waals surface area contributed by atoms with Crippen molar-refractivity contribution in [2.24, 2.45) is 0 Å². The molecule has 1 saturated carbocycles. The second-order valence-corrected chi connectivity index (χ2v) is 7.86. The summed E-state index contributed by atoms with van der Waals surface area (Å²) in [5, 5.41) is 15.3. The van der Waals surface area contributed by atoms with E-state index in [1.54, 1.807) is 12.1 Å². The van der Waals surface area contributed by atoms with Gasteiger partial charge in [0.2, 0.25) is 5.91 Å². The Morgan fingerprint density at radius 3 is 2.59 bits per heavy atom. The van der Waals surface area contributed by atoms with Crippen molar-refractivity contribution in [2.45, 2.75) is 43.7 Å². The molecule has 1 atom stereocenters. The third-order valence-corrected chi connectivity index (χ3v) is 5.64. The second-order valence-electron chi connectivity index (χ2n) is 7.02. The average molecular weight is 409 g/mol. The second kappa shape index (κ2) is 7.02. The number of nitriles is 1. The monoisotopic (exact) mass is 408 g/mol. The summed E-state index contributed by atoms with van der Waals surface area (Å²) in [6.07, 6.45) is 2.83. The zero-order chi connectivity index (χ0) is 19.8. The van der Waals surface area contributed by atoms with Gasteiger partial charge in [-0.3, -0.25) is 14.5 Å². The van der Waals surface area contributed by atoms with Crippen LogP contribution in [0.15, 0.2) is 18.2 Å². The standard InChI is InChI=1S/C18H18Cl2N4O3/c1-17(12-5-4-11(19)8-13(12)20)15(26)24(16(27)23-17)9-14(25)22-18(10-21)6-2-3-7-18/h4-5,8H,2-3,6-7,9H2,1H3,(H,22,25)(H,23,27)/t17-/m0/s1. The largest absolute Gasteiger partial charge is 0.336 e. The van der Waals surface area contributed by atoms with Crippen LogP contribution in [0.4, 0.5) is 4.79 Å². The maximum atomic E-state index is 12.9. The van der Waals surface area contributed by atoms with Gasteiger partial charge in [0.25, 0.3) is 5.91 Å². The van der Waals surface area contributed by atoms with Crippen molar-refractivity contribution in [1.29, 1.82) is 5.26 Å². The number of imide groups is 1. The number of nitrogens with one attached hydrogen (secondary N) is 2. The van der Waals surface area contributed by atoms with Crippen molar-refractivity contribution < 1.29 is 14.4 Å². The van der Waals surface area contributed by atoms with Crippen molar-refractivity contribution in [3.8, 4) is 6.07 Å². The topological polar surface area (TPSA) is 102 Å². The molecule has 4 amide bonds. The van der Waals surface area contributed by atoms with Crippen LogP contribution >= 0.6 is 23.2 Å². The molecule has 7 nitrogen and oxygen atoms in total. The molecule has 0 unspecified atom stereocenters. The van der Waals surface area contributed by atoms with Gasteiger partial charge in [-0.05, 0) is 44.7 Å². The molecule has 2 fully saturated rings. The predicted molar refractivity (Wildman–Crippen MR) is 99.0 cm³/mol. The lowest BCUT2D eigenvalue weighted by atomic mass is 9.92. The van der Waals surface area contributed by atoms with E-state index in [0.717, 1.165) is 17.7 Å². The van der Waals surface area contributed by atoms with E-state index in [-0.39, 0.29) is 5.02 Å². The van der Waals surface area contributed by atoms with E-state index in [9.17, 15) is 19.6 Å². The van der Waals surface area contributed by atoms with Gasteiger partial charge < -0.3 is 10.6 Å². The van der Waals surface area contributed by atoms with Crippen LogP contribution in [0.25, 0.3) is 0 Å². The Labute approximate surface area is 166 Å². The maximum absolute atomic E-state index is 12.9. The fourth-order valence-electron chi connectivity index (χ4n) is 3.61. The van der Waals surface area contributed by atoms with Crippen LogP contribution in [0.3, 0.4) is 0 Å². The fourth-order valence-corrected chi connectivity index (χ4v) is 4.21. The molecule has 1 aromatic rings. The number of rotatable bonds is 4. The third kappa shape index (κ3) is 3.47. The molecule has 1 aromatic carbocycles. The number of amides is 4. The first-order valence-corrected chi connectivity index (χ1v) is 9.28. The molecule has 1 aliphatic carbocycles. The van der Waals surface area contributed by atoms with Crippen LogP contribution in [-0.2, 0) is 15.1 Å². The van der Waals surface area contributed by atoms with Gasteiger partial charge in [0.1, 0.15) is 17.6 Å². The van der Waals surface area contributed by atoms with E-state index < -0.39 is 35.5 Å². The molecule has 2 N–H and O–H groups in total. The number of nitrogens with zero attached hydrogens (tertiary/aromatic N) is 2. The number of carbonyl (C=O) groups is 3. The summed E-state index contributed by atoms with van der Waals surface area (Å²) in [6.45, 7) is 1.06. The molecule has 1 saturated heterocycles. The van der Waals surface area contributed by atoms with E-state index in [1.165, 1.54) is 13.0 Å². The van der Waals surface area contributed by atoms with Gasteiger partial charge in [0.05, 0.1) is 6.07 Å². The van der Waals surface area contributed by atoms with Gasteiger partial charge in [-0.25, -0.2) is 4.79 Å². The summed E-state index contributed by atoms with van der Waals surface area (Å²) < 4.78 is 0. The van der Waals surface area contributed by atoms with Crippen molar-refractivity contribution in [3.63, 3.8) is 0 Å². The van der Waals surface area contributed by atoms with Crippen LogP contribution in [-0.4, -0.2) is 34.8 Å². The molecule has 1 heterocycles. The van der Waals surface area contributed by atoms with Crippen LogP contribution in [0, 0.1) is 11.3 Å². The molecule has 0 spiro atoms. The summed E-state index contributed by atoms with van der Waals surface area (Å²) in [7, 11) is 0. The molecular weight excluding hydrogens is 391 g/mol. The van der Waals surface area contributed by atoms with E-state index >= 15 is 0 Å². The summed E-state index contributed by atoms with van der Waals surface area (Å²) in [4.78, 5) is 38.5. The van der Waals surface area contributed by atoms with Gasteiger partial charge in [-0.15, -0.1) is 0 Å². The highest BCUT2D eigenvalue weighted by Crippen LogP contribution is 2.35. The highest BCUT2D eigenvalue weighted by atomic mass is 35.5. The van der Waals surface area contributed by atoms with Crippen LogP contribution in [0.1, 0.15) is 38.2 Å². The summed E-state index contributed by atoms with van der Waals surface area (Å²) in [5.74, 6) is -1.14. The SMILES string of the molecule is C[C@@]1(c2ccc(Cl)cc2Cl)NC(=O)N(CC(=O)NC2(C#N)CCCC2)C1=O. The Morgan fingerprint density at radius 2 is 2.00 bits per heavy atom.